The number of carbonyl (C=O) groups is 1. The Morgan fingerprint density at radius 2 is 1.75 bits per heavy atom. The van der Waals surface area contributed by atoms with Gasteiger partial charge >= 0.3 is 0 Å². The van der Waals surface area contributed by atoms with Gasteiger partial charge in [-0.25, -0.2) is 4.39 Å². The number of halogens is 1. The molecule has 1 atom stereocenters. The molecule has 1 unspecified atom stereocenters. The number of methoxy groups -OCH3 is 2. The summed E-state index contributed by atoms with van der Waals surface area (Å²) < 4.78 is 24.2. The van der Waals surface area contributed by atoms with Crippen molar-refractivity contribution >= 4 is 5.91 Å². The van der Waals surface area contributed by atoms with Crippen molar-refractivity contribution < 1.29 is 18.7 Å². The van der Waals surface area contributed by atoms with Crippen LogP contribution in [0.5, 0.6) is 11.5 Å². The Balaban J connectivity index is 1.95. The summed E-state index contributed by atoms with van der Waals surface area (Å²) in [6.45, 7) is 1.77. The number of aryl methyl sites for hydroxylation is 1. The van der Waals surface area contributed by atoms with Crippen molar-refractivity contribution in [3.8, 4) is 11.5 Å². The second kappa shape index (κ2) is 8.34. The molecule has 2 rings (SSSR count). The zero-order chi connectivity index (χ0) is 17.5. The number of nitrogens with one attached hydrogen (secondary N) is 1. The van der Waals surface area contributed by atoms with Gasteiger partial charge in [0.25, 0.3) is 0 Å². The number of ether oxygens (including phenoxy) is 2. The highest BCUT2D eigenvalue weighted by Crippen LogP contribution is 2.23. The lowest BCUT2D eigenvalue weighted by atomic mass is 10.1. The molecule has 2 aromatic rings. The Hall–Kier alpha value is -2.56. The number of hydrogen-bond donors (Lipinski definition) is 1. The van der Waals surface area contributed by atoms with Gasteiger partial charge in [-0.15, -0.1) is 0 Å². The van der Waals surface area contributed by atoms with Crippen LogP contribution in [-0.2, 0) is 11.2 Å². The van der Waals surface area contributed by atoms with Crippen molar-refractivity contribution in [1.29, 1.82) is 0 Å². The molecule has 0 fully saturated rings. The van der Waals surface area contributed by atoms with Gasteiger partial charge in [-0.05, 0) is 37.1 Å². The minimum Gasteiger partial charge on any atom is -0.497 e. The lowest BCUT2D eigenvalue weighted by Crippen LogP contribution is -2.27. The molecule has 0 aliphatic heterocycles. The van der Waals surface area contributed by atoms with Crippen LogP contribution in [0.15, 0.2) is 42.5 Å². The van der Waals surface area contributed by atoms with E-state index in [4.69, 9.17) is 9.47 Å². The van der Waals surface area contributed by atoms with Crippen LogP contribution in [0.3, 0.4) is 0 Å². The highest BCUT2D eigenvalue weighted by atomic mass is 19.1. The second-order valence-electron chi connectivity index (χ2n) is 5.53. The van der Waals surface area contributed by atoms with Crippen LogP contribution >= 0.6 is 0 Å². The van der Waals surface area contributed by atoms with Crippen LogP contribution < -0.4 is 14.8 Å². The Morgan fingerprint density at radius 1 is 1.12 bits per heavy atom. The zero-order valence-corrected chi connectivity index (χ0v) is 14.1. The van der Waals surface area contributed by atoms with Gasteiger partial charge in [0.15, 0.2) is 0 Å². The summed E-state index contributed by atoms with van der Waals surface area (Å²) in [6, 6.07) is 11.6. The Morgan fingerprint density at radius 3 is 2.33 bits per heavy atom. The topological polar surface area (TPSA) is 47.6 Å². The maximum atomic E-state index is 13.7. The average molecular weight is 331 g/mol. The van der Waals surface area contributed by atoms with E-state index in [2.05, 4.69) is 5.32 Å². The maximum absolute atomic E-state index is 13.7. The third-order valence-corrected chi connectivity index (χ3v) is 3.80. The van der Waals surface area contributed by atoms with Crippen LogP contribution in [0.25, 0.3) is 0 Å². The van der Waals surface area contributed by atoms with Crippen LogP contribution in [0.2, 0.25) is 0 Å². The quantitative estimate of drug-likeness (QED) is 0.842. The number of hydrogen-bond acceptors (Lipinski definition) is 3. The Labute approximate surface area is 141 Å². The van der Waals surface area contributed by atoms with E-state index < -0.39 is 0 Å². The highest BCUT2D eigenvalue weighted by molar-refractivity contribution is 5.76. The molecule has 0 aliphatic carbocycles. The fraction of sp³-hybridized carbons (Fsp3) is 0.316. The summed E-state index contributed by atoms with van der Waals surface area (Å²) in [7, 11) is 3.17. The van der Waals surface area contributed by atoms with Gasteiger partial charge in [0.1, 0.15) is 17.3 Å². The molecular formula is C19H22FNO3. The van der Waals surface area contributed by atoms with E-state index in [0.717, 1.165) is 5.56 Å². The Kier molecular flexibility index (Phi) is 6.18. The molecule has 0 heterocycles. The van der Waals surface area contributed by atoms with Crippen LogP contribution in [0, 0.1) is 5.82 Å². The van der Waals surface area contributed by atoms with Crippen LogP contribution in [-0.4, -0.2) is 20.1 Å². The van der Waals surface area contributed by atoms with Crippen molar-refractivity contribution in [2.24, 2.45) is 0 Å². The molecule has 0 aromatic heterocycles. The normalized spacial score (nSPS) is 11.7. The van der Waals surface area contributed by atoms with Gasteiger partial charge < -0.3 is 14.8 Å². The van der Waals surface area contributed by atoms with E-state index in [9.17, 15) is 9.18 Å². The van der Waals surface area contributed by atoms with Gasteiger partial charge in [0.2, 0.25) is 5.91 Å². The minimum absolute atomic E-state index is 0.132. The summed E-state index contributed by atoms with van der Waals surface area (Å²) in [5, 5.41) is 2.82. The Bertz CT molecular complexity index is 681. The number of carbonyl (C=O) groups excluding carboxylic acids is 1. The zero-order valence-electron chi connectivity index (χ0n) is 14.1. The van der Waals surface area contributed by atoms with E-state index in [1.807, 2.05) is 12.1 Å². The summed E-state index contributed by atoms with van der Waals surface area (Å²) in [6.07, 6.45) is 0.846. The average Bonchev–Trinajstić information content (AvgIpc) is 2.59. The van der Waals surface area contributed by atoms with E-state index >= 15 is 0 Å². The van der Waals surface area contributed by atoms with E-state index in [1.54, 1.807) is 45.4 Å². The fourth-order valence-corrected chi connectivity index (χ4v) is 2.49. The second-order valence-corrected chi connectivity index (χ2v) is 5.53. The maximum Gasteiger partial charge on any atom is 0.220 e. The standard InChI is InChI=1S/C19H22FNO3/c1-13(17-6-4-5-7-18(17)20)21-19(22)9-8-14-10-15(23-2)12-16(11-14)24-3/h4-7,10-13H,8-9H2,1-3H3,(H,21,22). The summed E-state index contributed by atoms with van der Waals surface area (Å²) in [5.74, 6) is 0.921. The molecule has 4 nitrogen and oxygen atoms in total. The first kappa shape index (κ1) is 17.8. The molecule has 0 saturated heterocycles. The number of benzene rings is 2. The number of rotatable bonds is 7. The van der Waals surface area contributed by atoms with Crippen LogP contribution in [0.4, 0.5) is 4.39 Å². The van der Waals surface area contributed by atoms with Gasteiger partial charge in [0.05, 0.1) is 20.3 Å². The van der Waals surface area contributed by atoms with Gasteiger partial charge in [-0.2, -0.15) is 0 Å². The van der Waals surface area contributed by atoms with Crippen molar-refractivity contribution in [3.63, 3.8) is 0 Å². The van der Waals surface area contributed by atoms with Crippen molar-refractivity contribution in [2.45, 2.75) is 25.8 Å². The first-order chi connectivity index (χ1) is 11.5. The first-order valence-corrected chi connectivity index (χ1v) is 7.79. The SMILES string of the molecule is COc1cc(CCC(=O)NC(C)c2ccccc2F)cc(OC)c1. The lowest BCUT2D eigenvalue weighted by Gasteiger charge is -2.15. The molecular weight excluding hydrogens is 309 g/mol. The largest absolute Gasteiger partial charge is 0.497 e. The molecule has 2 aromatic carbocycles. The molecule has 1 N–H and O–H groups in total. The summed E-state index contributed by atoms with van der Waals surface area (Å²) in [4.78, 5) is 12.1. The van der Waals surface area contributed by atoms with E-state index in [-0.39, 0.29) is 17.8 Å². The fourth-order valence-electron chi connectivity index (χ4n) is 2.49. The minimum atomic E-state index is -0.376. The van der Waals surface area contributed by atoms with E-state index in [1.165, 1.54) is 6.07 Å². The van der Waals surface area contributed by atoms with Crippen molar-refractivity contribution in [3.05, 3.63) is 59.4 Å². The summed E-state index contributed by atoms with van der Waals surface area (Å²) >= 11 is 0. The lowest BCUT2D eigenvalue weighted by molar-refractivity contribution is -0.121. The van der Waals surface area contributed by atoms with Crippen molar-refractivity contribution in [1.82, 2.24) is 5.32 Å². The molecule has 0 bridgehead atoms. The third kappa shape index (κ3) is 4.72. The highest BCUT2D eigenvalue weighted by Gasteiger charge is 2.13. The molecule has 128 valence electrons. The van der Waals surface area contributed by atoms with Crippen molar-refractivity contribution in [2.75, 3.05) is 14.2 Å². The van der Waals surface area contributed by atoms with Crippen LogP contribution in [0.1, 0.15) is 30.5 Å². The predicted molar refractivity (Wildman–Crippen MR) is 90.8 cm³/mol. The molecule has 24 heavy (non-hydrogen) atoms. The molecule has 0 saturated carbocycles. The summed E-state index contributed by atoms with van der Waals surface area (Å²) in [5.41, 5.74) is 1.42. The van der Waals surface area contributed by atoms with Gasteiger partial charge in [0, 0.05) is 18.1 Å². The molecule has 0 radical (unpaired) electrons. The molecule has 0 aliphatic rings. The monoisotopic (exact) mass is 331 g/mol. The first-order valence-electron chi connectivity index (χ1n) is 7.79. The third-order valence-electron chi connectivity index (χ3n) is 3.80. The molecule has 0 spiro atoms. The molecule has 5 heteroatoms. The van der Waals surface area contributed by atoms with E-state index in [0.29, 0.717) is 29.9 Å². The smallest absolute Gasteiger partial charge is 0.220 e. The van der Waals surface area contributed by atoms with Gasteiger partial charge in [-0.3, -0.25) is 4.79 Å². The van der Waals surface area contributed by atoms with Gasteiger partial charge in [-0.1, -0.05) is 18.2 Å². The number of amides is 1. The molecule has 1 amide bonds. The predicted octanol–water partition coefficient (Wildman–Crippen LogP) is 3.65.